The number of hydrogen-bond donors (Lipinski definition) is 4. The number of methoxy groups -OCH3 is 2. The summed E-state index contributed by atoms with van der Waals surface area (Å²) in [7, 11) is -12.1. The number of nitrogens with zero attached hydrogens (tertiary/aromatic N) is 1. The van der Waals surface area contributed by atoms with E-state index in [9.17, 15) is 38.9 Å². The lowest BCUT2D eigenvalue weighted by molar-refractivity contribution is 0.408. The summed E-state index contributed by atoms with van der Waals surface area (Å²) in [6, 6.07) is 13.4. The fourth-order valence-corrected chi connectivity index (χ4v) is 9.29. The van der Waals surface area contributed by atoms with Crippen LogP contribution in [0.25, 0.3) is 33.4 Å². The average Bonchev–Trinajstić information content (AvgIpc) is 3.09. The summed E-state index contributed by atoms with van der Waals surface area (Å²) in [6.07, 6.45) is 0. The highest BCUT2D eigenvalue weighted by molar-refractivity contribution is 7.86. The van der Waals surface area contributed by atoms with Crippen molar-refractivity contribution in [2.45, 2.75) is 56.2 Å². The Bertz CT molecular complexity index is 3010. The number of anilines is 2. The Morgan fingerprint density at radius 2 is 1.20 bits per heavy atom. The van der Waals surface area contributed by atoms with Crippen LogP contribution in [0.15, 0.2) is 84.8 Å². The third kappa shape index (κ3) is 7.24. The van der Waals surface area contributed by atoms with Gasteiger partial charge in [0.1, 0.15) is 37.5 Å². The highest BCUT2D eigenvalue weighted by Gasteiger charge is 2.29. The summed E-state index contributed by atoms with van der Waals surface area (Å²) < 4.78 is 127. The van der Waals surface area contributed by atoms with Gasteiger partial charge < -0.3 is 19.2 Å². The highest BCUT2D eigenvalue weighted by atomic mass is 32.2. The largest absolute Gasteiger partial charge is 0.496 e. The molecule has 0 saturated heterocycles. The van der Waals surface area contributed by atoms with Crippen LogP contribution in [0, 0.1) is 41.5 Å². The molecule has 294 valence electrons. The fourth-order valence-electron chi connectivity index (χ4n) is 7.30. The number of aryl methyl sites for hydroxylation is 4. The van der Waals surface area contributed by atoms with Gasteiger partial charge in [0.25, 0.3) is 30.4 Å². The smallest absolute Gasteiger partial charge is 0.296 e. The van der Waals surface area contributed by atoms with Crippen LogP contribution >= 0.6 is 0 Å². The van der Waals surface area contributed by atoms with Gasteiger partial charge in [-0.2, -0.15) is 25.3 Å². The fraction of sp³-hybridized carbons (Fsp3) is 0.205. The van der Waals surface area contributed by atoms with E-state index in [1.54, 1.807) is 33.8 Å². The second-order valence-electron chi connectivity index (χ2n) is 13.4. The first-order chi connectivity index (χ1) is 26.1. The molecule has 0 atom stereocenters. The number of fused-ring (bicyclic) bond motifs is 2. The summed E-state index contributed by atoms with van der Waals surface area (Å²) in [4.78, 5) is 2.70. The zero-order chi connectivity index (χ0) is 41.2. The molecule has 6 rings (SSSR count). The van der Waals surface area contributed by atoms with Crippen LogP contribution in [0.5, 0.6) is 11.5 Å². The van der Waals surface area contributed by atoms with E-state index in [1.165, 1.54) is 44.6 Å². The van der Waals surface area contributed by atoms with Crippen LogP contribution in [0.1, 0.15) is 33.4 Å². The van der Waals surface area contributed by atoms with Crippen molar-refractivity contribution in [1.29, 1.82) is 0 Å². The lowest BCUT2D eigenvalue weighted by Crippen LogP contribution is -2.16. The summed E-state index contributed by atoms with van der Waals surface area (Å²) in [5.74, 6) is 0.970. The zero-order valence-corrected chi connectivity index (χ0v) is 33.9. The first-order valence-corrected chi connectivity index (χ1v) is 21.1. The predicted molar refractivity (Wildman–Crippen MR) is 211 cm³/mol. The van der Waals surface area contributed by atoms with Gasteiger partial charge in [-0.25, -0.2) is 4.99 Å². The van der Waals surface area contributed by atoms with Gasteiger partial charge in [-0.3, -0.25) is 13.7 Å². The third-order valence-corrected chi connectivity index (χ3v) is 12.2. The SMILES string of the molecule is COc1c(C)cc(C)c(/N=c2/cc3oc4cc(Nc5c(C)cc(C)c(OC)c5C)c(S(=O)(=O)O)cc4c(-c4ccccc4S(=O)(=O)O)c-3cc2S(=O)(=O)O)c1C. The maximum Gasteiger partial charge on any atom is 0.296 e. The Morgan fingerprint density at radius 1 is 0.625 bits per heavy atom. The van der Waals surface area contributed by atoms with E-state index in [4.69, 9.17) is 13.9 Å². The molecule has 0 amide bonds. The molecule has 0 saturated carbocycles. The summed E-state index contributed by atoms with van der Waals surface area (Å²) >= 11 is 0. The highest BCUT2D eigenvalue weighted by Crippen LogP contribution is 2.46. The Kier molecular flexibility index (Phi) is 10.3. The molecule has 4 aromatic rings. The Labute approximate surface area is 324 Å². The van der Waals surface area contributed by atoms with Crippen LogP contribution in [0.4, 0.5) is 17.1 Å². The molecule has 1 aliphatic carbocycles. The average molecular weight is 823 g/mol. The van der Waals surface area contributed by atoms with E-state index in [2.05, 4.69) is 10.3 Å². The molecule has 56 heavy (non-hydrogen) atoms. The normalized spacial score (nSPS) is 12.7. The second-order valence-corrected chi connectivity index (χ2v) is 17.5. The molecule has 0 radical (unpaired) electrons. The summed E-state index contributed by atoms with van der Waals surface area (Å²) in [5.41, 5.74) is 4.42. The number of rotatable bonds is 9. The van der Waals surface area contributed by atoms with Crippen molar-refractivity contribution in [3.05, 3.63) is 99.4 Å². The van der Waals surface area contributed by atoms with Crippen LogP contribution in [-0.4, -0.2) is 53.1 Å². The van der Waals surface area contributed by atoms with Crippen LogP contribution < -0.4 is 20.1 Å². The van der Waals surface area contributed by atoms with Crippen molar-refractivity contribution in [3.63, 3.8) is 0 Å². The molecule has 14 nitrogen and oxygen atoms in total. The van der Waals surface area contributed by atoms with Gasteiger partial charge in [0, 0.05) is 51.0 Å². The predicted octanol–water partition coefficient (Wildman–Crippen LogP) is 7.79. The van der Waals surface area contributed by atoms with Crippen LogP contribution in [0.2, 0.25) is 0 Å². The number of hydrogen-bond acceptors (Lipinski definition) is 11. The van der Waals surface area contributed by atoms with Crippen molar-refractivity contribution in [1.82, 2.24) is 0 Å². The van der Waals surface area contributed by atoms with Gasteiger partial charge in [0.05, 0.1) is 31.0 Å². The van der Waals surface area contributed by atoms with Gasteiger partial charge in [-0.15, -0.1) is 0 Å². The van der Waals surface area contributed by atoms with Gasteiger partial charge in [0.2, 0.25) is 0 Å². The van der Waals surface area contributed by atoms with E-state index in [-0.39, 0.29) is 44.5 Å². The Balaban J connectivity index is 1.82. The van der Waals surface area contributed by atoms with Gasteiger partial charge >= 0.3 is 0 Å². The minimum absolute atomic E-state index is 0.0585. The number of benzene rings is 5. The van der Waals surface area contributed by atoms with Crippen molar-refractivity contribution >= 4 is 58.4 Å². The van der Waals surface area contributed by atoms with Gasteiger partial charge in [0.15, 0.2) is 0 Å². The lowest BCUT2D eigenvalue weighted by atomic mass is 9.93. The molecule has 2 aliphatic rings. The number of ether oxygens (including phenoxy) is 2. The van der Waals surface area contributed by atoms with E-state index >= 15 is 0 Å². The first-order valence-electron chi connectivity index (χ1n) is 16.8. The zero-order valence-electron chi connectivity index (χ0n) is 31.5. The molecule has 0 spiro atoms. The van der Waals surface area contributed by atoms with Crippen molar-refractivity contribution in [2.75, 3.05) is 19.5 Å². The molecular formula is C39H38N2O12S3. The van der Waals surface area contributed by atoms with Crippen LogP contribution in [0.3, 0.4) is 0 Å². The quantitative estimate of drug-likeness (QED) is 0.0809. The third-order valence-electron chi connectivity index (χ3n) is 9.55. The summed E-state index contributed by atoms with van der Waals surface area (Å²) in [6.45, 7) is 10.8. The van der Waals surface area contributed by atoms with Crippen molar-refractivity contribution in [3.8, 4) is 33.9 Å². The maximum absolute atomic E-state index is 13.1. The Hall–Kier alpha value is -5.30. The molecular weight excluding hydrogens is 785 g/mol. The molecule has 0 aromatic heterocycles. The van der Waals surface area contributed by atoms with E-state index < -0.39 is 45.0 Å². The van der Waals surface area contributed by atoms with Crippen molar-refractivity contribution < 1.29 is 52.8 Å². The molecule has 0 fully saturated rings. The van der Waals surface area contributed by atoms with Gasteiger partial charge in [-0.1, -0.05) is 30.3 Å². The van der Waals surface area contributed by atoms with E-state index in [0.29, 0.717) is 45.1 Å². The van der Waals surface area contributed by atoms with Crippen molar-refractivity contribution in [2.24, 2.45) is 4.99 Å². The minimum Gasteiger partial charge on any atom is -0.496 e. The molecule has 0 unspecified atom stereocenters. The maximum atomic E-state index is 13.1. The lowest BCUT2D eigenvalue weighted by Gasteiger charge is -2.21. The first kappa shape index (κ1) is 40.4. The van der Waals surface area contributed by atoms with Gasteiger partial charge in [-0.05, 0) is 82.0 Å². The van der Waals surface area contributed by atoms with Crippen LogP contribution in [-0.2, 0) is 30.4 Å². The molecule has 0 bridgehead atoms. The second kappa shape index (κ2) is 14.3. The molecule has 4 N–H and O–H groups in total. The number of nitrogens with one attached hydrogen (secondary N) is 1. The Morgan fingerprint density at radius 3 is 1.79 bits per heavy atom. The molecule has 1 aliphatic heterocycles. The molecule has 1 heterocycles. The topological polar surface area (TPSA) is 219 Å². The van der Waals surface area contributed by atoms with E-state index in [1.807, 2.05) is 19.9 Å². The molecule has 4 aromatic carbocycles. The monoisotopic (exact) mass is 822 g/mol. The molecule has 17 heteroatoms. The van der Waals surface area contributed by atoms with E-state index in [0.717, 1.165) is 29.3 Å². The standard InChI is InChI=1S/C39H38N2O12S3/c1-19-13-21(3)38(51-7)23(5)36(19)40-28-17-30-26(15-33(28)55(45,46)47)35(25-11-9-10-12-32(25)54(42,43)44)27-16-34(56(48,49)50)29(18-31(27)53-30)41-37-20(2)14-22(4)39(52-8)24(37)6/h9-18,40H,1-8H3,(H,42,43,44)(H,45,46,47)(H,48,49,50)/b41-29-. The minimum atomic E-state index is -5.07. The summed E-state index contributed by atoms with van der Waals surface area (Å²) in [5, 5.41) is 2.74.